The quantitative estimate of drug-likeness (QED) is 0.707. The molecule has 1 atom stereocenters. The third kappa shape index (κ3) is 2.98. The lowest BCUT2D eigenvalue weighted by molar-refractivity contribution is 0.192. The lowest BCUT2D eigenvalue weighted by Crippen LogP contribution is -2.38. The van der Waals surface area contributed by atoms with Crippen LogP contribution in [0.2, 0.25) is 0 Å². The fraction of sp³-hybridized carbons (Fsp3) is 0.409. The minimum Gasteiger partial charge on any atom is -0.344 e. The van der Waals surface area contributed by atoms with Crippen molar-refractivity contribution in [2.24, 2.45) is 0 Å². The SMILES string of the molecule is CCN1Cc2c(n(CCc3ccncc3)c3ccc(C)cc23)CC1C. The molecule has 25 heavy (non-hydrogen) atoms. The molecule has 0 amide bonds. The molecule has 0 aliphatic carbocycles. The van der Waals surface area contributed by atoms with E-state index in [-0.39, 0.29) is 0 Å². The van der Waals surface area contributed by atoms with Gasteiger partial charge in [-0.2, -0.15) is 0 Å². The summed E-state index contributed by atoms with van der Waals surface area (Å²) in [5, 5.41) is 1.45. The van der Waals surface area contributed by atoms with Gasteiger partial charge in [0.05, 0.1) is 0 Å². The molecule has 130 valence electrons. The van der Waals surface area contributed by atoms with Gasteiger partial charge in [0.2, 0.25) is 0 Å². The van der Waals surface area contributed by atoms with E-state index >= 15 is 0 Å². The van der Waals surface area contributed by atoms with E-state index in [9.17, 15) is 0 Å². The first-order valence-electron chi connectivity index (χ1n) is 9.41. The van der Waals surface area contributed by atoms with Crippen LogP contribution in [0.3, 0.4) is 0 Å². The molecule has 0 spiro atoms. The van der Waals surface area contributed by atoms with Gasteiger partial charge in [0.25, 0.3) is 0 Å². The van der Waals surface area contributed by atoms with Crippen molar-refractivity contribution in [3.05, 3.63) is 65.1 Å². The first-order chi connectivity index (χ1) is 12.2. The lowest BCUT2D eigenvalue weighted by Gasteiger charge is -2.33. The molecule has 0 fully saturated rings. The van der Waals surface area contributed by atoms with Crippen molar-refractivity contribution in [3.8, 4) is 0 Å². The summed E-state index contributed by atoms with van der Waals surface area (Å²) in [6, 6.07) is 11.8. The highest BCUT2D eigenvalue weighted by atomic mass is 15.2. The Morgan fingerprint density at radius 1 is 1.16 bits per heavy atom. The first kappa shape index (κ1) is 16.3. The Balaban J connectivity index is 1.77. The Labute approximate surface area is 150 Å². The number of pyridine rings is 1. The van der Waals surface area contributed by atoms with Crippen molar-refractivity contribution in [2.45, 2.75) is 52.7 Å². The summed E-state index contributed by atoms with van der Waals surface area (Å²) in [6.07, 6.45) is 5.98. The van der Waals surface area contributed by atoms with E-state index in [1.165, 1.54) is 22.0 Å². The van der Waals surface area contributed by atoms with Gasteiger partial charge >= 0.3 is 0 Å². The molecule has 0 radical (unpaired) electrons. The maximum Gasteiger partial charge on any atom is 0.0486 e. The molecule has 1 aliphatic rings. The molecule has 1 aliphatic heterocycles. The van der Waals surface area contributed by atoms with Crippen LogP contribution in [0.4, 0.5) is 0 Å². The first-order valence-corrected chi connectivity index (χ1v) is 9.41. The number of hydrogen-bond acceptors (Lipinski definition) is 2. The van der Waals surface area contributed by atoms with E-state index in [1.54, 1.807) is 11.3 Å². The van der Waals surface area contributed by atoms with Crippen LogP contribution in [-0.2, 0) is 25.9 Å². The second-order valence-corrected chi connectivity index (χ2v) is 7.32. The summed E-state index contributed by atoms with van der Waals surface area (Å²) in [5.74, 6) is 0. The molecule has 3 nitrogen and oxygen atoms in total. The van der Waals surface area contributed by atoms with Crippen molar-refractivity contribution in [2.75, 3.05) is 6.54 Å². The summed E-state index contributed by atoms with van der Waals surface area (Å²) >= 11 is 0. The van der Waals surface area contributed by atoms with Crippen LogP contribution in [0, 0.1) is 6.92 Å². The Morgan fingerprint density at radius 3 is 2.72 bits per heavy atom. The highest BCUT2D eigenvalue weighted by Gasteiger charge is 2.27. The van der Waals surface area contributed by atoms with Crippen LogP contribution in [-0.4, -0.2) is 27.0 Å². The van der Waals surface area contributed by atoms with E-state index in [4.69, 9.17) is 0 Å². The van der Waals surface area contributed by atoms with Crippen LogP contribution in [0.25, 0.3) is 10.9 Å². The van der Waals surface area contributed by atoms with Crippen LogP contribution < -0.4 is 0 Å². The smallest absolute Gasteiger partial charge is 0.0486 e. The zero-order chi connectivity index (χ0) is 17.4. The molecular formula is C22H27N3. The van der Waals surface area contributed by atoms with E-state index in [0.717, 1.165) is 32.5 Å². The fourth-order valence-electron chi connectivity index (χ4n) is 4.24. The van der Waals surface area contributed by atoms with Crippen molar-refractivity contribution in [1.82, 2.24) is 14.5 Å². The Bertz CT molecular complexity index is 879. The van der Waals surface area contributed by atoms with Crippen molar-refractivity contribution >= 4 is 10.9 Å². The van der Waals surface area contributed by atoms with Gasteiger partial charge in [0.15, 0.2) is 0 Å². The third-order valence-electron chi connectivity index (χ3n) is 5.70. The average molecular weight is 333 g/mol. The van der Waals surface area contributed by atoms with Crippen LogP contribution >= 0.6 is 0 Å². The topological polar surface area (TPSA) is 21.1 Å². The van der Waals surface area contributed by atoms with Gasteiger partial charge < -0.3 is 4.57 Å². The van der Waals surface area contributed by atoms with E-state index in [1.807, 2.05) is 12.4 Å². The van der Waals surface area contributed by atoms with Crippen molar-refractivity contribution < 1.29 is 0 Å². The molecule has 0 saturated heterocycles. The normalized spacial score (nSPS) is 17.8. The van der Waals surface area contributed by atoms with E-state index in [2.05, 4.69) is 65.6 Å². The van der Waals surface area contributed by atoms with E-state index in [0.29, 0.717) is 6.04 Å². The Kier molecular flexibility index (Phi) is 4.34. The van der Waals surface area contributed by atoms with Crippen molar-refractivity contribution in [3.63, 3.8) is 0 Å². The second-order valence-electron chi connectivity index (χ2n) is 7.32. The van der Waals surface area contributed by atoms with Gasteiger partial charge in [-0.05, 0) is 62.2 Å². The maximum atomic E-state index is 4.14. The minimum atomic E-state index is 0.614. The number of fused-ring (bicyclic) bond motifs is 3. The fourth-order valence-corrected chi connectivity index (χ4v) is 4.24. The van der Waals surface area contributed by atoms with Crippen LogP contribution in [0.5, 0.6) is 0 Å². The summed E-state index contributed by atoms with van der Waals surface area (Å²) in [7, 11) is 0. The Morgan fingerprint density at radius 2 is 1.96 bits per heavy atom. The summed E-state index contributed by atoms with van der Waals surface area (Å²) in [5.41, 5.74) is 7.20. The Hall–Kier alpha value is -2.13. The number of nitrogens with zero attached hydrogens (tertiary/aromatic N) is 3. The molecule has 1 unspecified atom stereocenters. The highest BCUT2D eigenvalue weighted by Crippen LogP contribution is 2.33. The number of likely N-dealkylation sites (N-methyl/N-ethyl adjacent to an activating group) is 1. The zero-order valence-corrected chi connectivity index (χ0v) is 15.5. The van der Waals surface area contributed by atoms with Crippen molar-refractivity contribution in [1.29, 1.82) is 0 Å². The van der Waals surface area contributed by atoms with Crippen LogP contribution in [0.1, 0.15) is 36.2 Å². The molecule has 0 N–H and O–H groups in total. The summed E-state index contributed by atoms with van der Waals surface area (Å²) in [6.45, 7) is 10.1. The van der Waals surface area contributed by atoms with Gasteiger partial charge in [0, 0.05) is 54.5 Å². The standard InChI is InChI=1S/C22H27N3/c1-4-24-15-20-19-13-16(2)5-6-21(19)25(22(20)14-17(24)3)12-9-18-7-10-23-11-8-18/h5-8,10-11,13,17H,4,9,12,14-15H2,1-3H3. The summed E-state index contributed by atoms with van der Waals surface area (Å²) < 4.78 is 2.58. The molecule has 3 heteroatoms. The molecule has 3 heterocycles. The second kappa shape index (κ2) is 6.64. The lowest BCUT2D eigenvalue weighted by atomic mass is 9.98. The highest BCUT2D eigenvalue weighted by molar-refractivity contribution is 5.86. The monoisotopic (exact) mass is 333 g/mol. The molecular weight excluding hydrogens is 306 g/mol. The van der Waals surface area contributed by atoms with E-state index < -0.39 is 0 Å². The molecule has 2 aromatic heterocycles. The number of hydrogen-bond donors (Lipinski definition) is 0. The molecule has 4 rings (SSSR count). The van der Waals surface area contributed by atoms with Gasteiger partial charge in [-0.3, -0.25) is 9.88 Å². The zero-order valence-electron chi connectivity index (χ0n) is 15.5. The molecule has 1 aromatic carbocycles. The molecule has 3 aromatic rings. The minimum absolute atomic E-state index is 0.614. The average Bonchev–Trinajstić information content (AvgIpc) is 2.92. The van der Waals surface area contributed by atoms with Gasteiger partial charge in [-0.15, -0.1) is 0 Å². The van der Waals surface area contributed by atoms with Gasteiger partial charge in [-0.25, -0.2) is 0 Å². The van der Waals surface area contributed by atoms with Crippen LogP contribution in [0.15, 0.2) is 42.7 Å². The maximum absolute atomic E-state index is 4.14. The molecule has 0 saturated carbocycles. The number of aryl methyl sites for hydroxylation is 3. The molecule has 0 bridgehead atoms. The predicted octanol–water partition coefficient (Wildman–Crippen LogP) is 4.35. The number of aromatic nitrogens is 2. The largest absolute Gasteiger partial charge is 0.344 e. The summed E-state index contributed by atoms with van der Waals surface area (Å²) in [4.78, 5) is 6.73. The van der Waals surface area contributed by atoms with Gasteiger partial charge in [0.1, 0.15) is 0 Å². The number of benzene rings is 1. The predicted molar refractivity (Wildman–Crippen MR) is 104 cm³/mol. The third-order valence-corrected chi connectivity index (χ3v) is 5.70. The van der Waals surface area contributed by atoms with Gasteiger partial charge in [-0.1, -0.05) is 18.6 Å². The number of rotatable bonds is 4.